The van der Waals surface area contributed by atoms with Crippen molar-refractivity contribution in [3.05, 3.63) is 52.3 Å². The van der Waals surface area contributed by atoms with E-state index in [0.29, 0.717) is 43.6 Å². The van der Waals surface area contributed by atoms with E-state index in [4.69, 9.17) is 10.8 Å². The van der Waals surface area contributed by atoms with Gasteiger partial charge in [0, 0.05) is 23.5 Å². The van der Waals surface area contributed by atoms with Gasteiger partial charge in [0.25, 0.3) is 17.6 Å². The van der Waals surface area contributed by atoms with Crippen LogP contribution < -0.4 is 10.6 Å². The molecule has 2 unspecified atom stereocenters. The van der Waals surface area contributed by atoms with Gasteiger partial charge in [0.2, 0.25) is 0 Å². The summed E-state index contributed by atoms with van der Waals surface area (Å²) in [6.07, 6.45) is 2.48. The van der Waals surface area contributed by atoms with Gasteiger partial charge in [0.15, 0.2) is 11.6 Å². The Morgan fingerprint density at radius 2 is 1.89 bits per heavy atom. The molecule has 1 aromatic heterocycles. The molecule has 2 heterocycles. The number of carbonyl (C=O) groups is 3. The van der Waals surface area contributed by atoms with Crippen molar-refractivity contribution in [1.82, 2.24) is 9.88 Å². The zero-order chi connectivity index (χ0) is 26.4. The Kier molecular flexibility index (Phi) is 6.82. The molecule has 3 aliphatic rings. The van der Waals surface area contributed by atoms with Crippen molar-refractivity contribution in [2.45, 2.75) is 44.2 Å². The van der Waals surface area contributed by atoms with Crippen LogP contribution in [-0.4, -0.2) is 45.5 Å². The first-order valence-electron chi connectivity index (χ1n) is 11.2. The first kappa shape index (κ1) is 25.7. The molecule has 5 rings (SSSR count). The number of fused-ring (bicyclic) bond motifs is 3. The molecule has 0 spiro atoms. The number of ketones is 1. The summed E-state index contributed by atoms with van der Waals surface area (Å²) in [5.74, 6) is -4.01. The van der Waals surface area contributed by atoms with E-state index < -0.39 is 34.8 Å². The Morgan fingerprint density at radius 1 is 1.19 bits per heavy atom. The van der Waals surface area contributed by atoms with Crippen LogP contribution >= 0.6 is 11.8 Å². The van der Waals surface area contributed by atoms with Crippen LogP contribution in [0, 0.1) is 35.3 Å². The monoisotopic (exact) mass is 519 g/mol. The van der Waals surface area contributed by atoms with Crippen molar-refractivity contribution >= 4 is 45.6 Å². The Balaban J connectivity index is 0.00000148. The Hall–Kier alpha value is -3.41. The van der Waals surface area contributed by atoms with Gasteiger partial charge in [0.05, 0.1) is 28.9 Å². The molecule has 0 bridgehead atoms. The van der Waals surface area contributed by atoms with Crippen molar-refractivity contribution in [3.63, 3.8) is 0 Å². The van der Waals surface area contributed by atoms with Gasteiger partial charge in [-0.15, -0.1) is 0 Å². The van der Waals surface area contributed by atoms with Gasteiger partial charge in [0.1, 0.15) is 5.69 Å². The van der Waals surface area contributed by atoms with E-state index in [1.165, 1.54) is 6.07 Å². The largest absolute Gasteiger partial charge is 0.338 e. The van der Waals surface area contributed by atoms with Gasteiger partial charge in [-0.1, -0.05) is 11.8 Å². The fourth-order valence-corrected chi connectivity index (χ4v) is 5.39. The number of aromatic nitrogens is 1. The van der Waals surface area contributed by atoms with Gasteiger partial charge >= 0.3 is 0 Å². The van der Waals surface area contributed by atoms with Crippen molar-refractivity contribution in [2.75, 3.05) is 12.5 Å². The number of halogens is 3. The number of nitrogens with zero attached hydrogens (tertiary/aromatic N) is 1. The molecule has 8 nitrogen and oxygen atoms in total. The number of thioether (sulfide) groups is 1. The van der Waals surface area contributed by atoms with Crippen molar-refractivity contribution in [3.8, 4) is 0 Å². The van der Waals surface area contributed by atoms with Gasteiger partial charge in [-0.2, -0.15) is 0 Å². The molecule has 4 N–H and O–H groups in total. The summed E-state index contributed by atoms with van der Waals surface area (Å²) in [7, 11) is 0.500. The maximum atomic E-state index is 13.6. The first-order chi connectivity index (χ1) is 17.2. The van der Waals surface area contributed by atoms with Crippen LogP contribution in [0.25, 0.3) is 0 Å². The molecular weight excluding hydrogens is 495 g/mol. The molecule has 2 amide bonds. The lowest BCUT2D eigenvalue weighted by Gasteiger charge is -2.16. The van der Waals surface area contributed by atoms with Crippen molar-refractivity contribution in [2.24, 2.45) is 5.92 Å². The maximum absolute atomic E-state index is 13.6. The van der Waals surface area contributed by atoms with Crippen LogP contribution in [0.4, 0.5) is 18.9 Å². The minimum Gasteiger partial charge on any atom is -0.338 e. The molecule has 190 valence electrons. The fraction of sp³-hybridized carbons (Fsp3) is 0.375. The number of carbonyl (C=O) groups excluding carboxylic acids is 3. The second-order valence-electron chi connectivity index (χ2n) is 8.95. The average molecular weight is 520 g/mol. The Morgan fingerprint density at radius 3 is 2.50 bits per heavy atom. The Labute approximate surface area is 209 Å². The third kappa shape index (κ3) is 4.34. The summed E-state index contributed by atoms with van der Waals surface area (Å²) < 4.78 is 38.1. The van der Waals surface area contributed by atoms with Gasteiger partial charge in [-0.25, -0.2) is 8.78 Å². The minimum absolute atomic E-state index is 0.0657. The summed E-state index contributed by atoms with van der Waals surface area (Å²) >= 11 is 0.882. The molecule has 1 aliphatic heterocycles. The molecule has 0 saturated heterocycles. The minimum atomic E-state index is -1.09. The Bertz CT molecular complexity index is 1300. The number of alkyl halides is 1. The number of amides is 2. The number of rotatable bonds is 7. The molecule has 2 saturated carbocycles. The number of anilines is 1. The van der Waals surface area contributed by atoms with Crippen molar-refractivity contribution in [1.29, 1.82) is 10.8 Å². The highest BCUT2D eigenvalue weighted by atomic mass is 32.2. The van der Waals surface area contributed by atoms with Crippen LogP contribution in [-0.2, 0) is 11.2 Å². The van der Waals surface area contributed by atoms with E-state index in [9.17, 15) is 27.6 Å². The number of benzene rings is 1. The predicted octanol–water partition coefficient (Wildman–Crippen LogP) is 4.18. The first-order valence-corrected chi connectivity index (χ1v) is 12.0. The highest BCUT2D eigenvalue weighted by molar-refractivity contribution is 8.25. The standard InChI is InChI=1S/C23H21F2N5O3S.CH3F/c1-10-17(19(31)21(33)29-23(4-5-23)22(27)34-9-26)16-7-11-6-15(11)30(16)18(10)20(32)28-12-2-3-13(24)14(25)8-12;1-2/h2-3,8-9,11,15,26-27H,4-7H2,1H3,(H,28,32)(H,29,33);1H3. The van der Waals surface area contributed by atoms with Crippen LogP contribution in [0.1, 0.15) is 57.4 Å². The molecule has 36 heavy (non-hydrogen) atoms. The normalized spacial score (nSPS) is 19.7. The third-order valence-electron chi connectivity index (χ3n) is 6.76. The maximum Gasteiger partial charge on any atom is 0.293 e. The number of nitrogens with one attached hydrogen (secondary N) is 4. The third-order valence-corrected chi connectivity index (χ3v) is 7.51. The van der Waals surface area contributed by atoms with E-state index >= 15 is 0 Å². The molecule has 2 atom stereocenters. The lowest BCUT2D eigenvalue weighted by atomic mass is 10.0. The van der Waals surface area contributed by atoms with E-state index in [-0.39, 0.29) is 28.0 Å². The van der Waals surface area contributed by atoms with Crippen LogP contribution in [0.2, 0.25) is 0 Å². The van der Waals surface area contributed by atoms with E-state index in [2.05, 4.69) is 10.6 Å². The highest BCUT2D eigenvalue weighted by Gasteiger charge is 2.52. The van der Waals surface area contributed by atoms with Gasteiger partial charge in [-0.3, -0.25) is 24.2 Å². The van der Waals surface area contributed by atoms with E-state index in [1.54, 1.807) is 11.5 Å². The summed E-state index contributed by atoms with van der Waals surface area (Å²) in [5, 5.41) is 20.6. The summed E-state index contributed by atoms with van der Waals surface area (Å²) in [4.78, 5) is 39.3. The van der Waals surface area contributed by atoms with Crippen LogP contribution in [0.3, 0.4) is 0 Å². The highest BCUT2D eigenvalue weighted by Crippen LogP contribution is 2.54. The zero-order valence-electron chi connectivity index (χ0n) is 19.5. The second-order valence-corrected chi connectivity index (χ2v) is 9.83. The summed E-state index contributed by atoms with van der Waals surface area (Å²) in [6.45, 7) is 1.60. The molecule has 2 aliphatic carbocycles. The fourth-order valence-electron chi connectivity index (χ4n) is 4.79. The molecule has 2 aromatic rings. The quantitative estimate of drug-likeness (QED) is 0.189. The summed E-state index contributed by atoms with van der Waals surface area (Å²) in [6, 6.07) is 3.11. The molecular formula is C24H24F3N5O3S. The number of Topliss-reactive ketones (excluding diaryl/α,β-unsaturated/α-hetero) is 1. The zero-order valence-corrected chi connectivity index (χ0v) is 20.3. The smallest absolute Gasteiger partial charge is 0.293 e. The van der Waals surface area contributed by atoms with E-state index in [0.717, 1.165) is 35.9 Å². The topological polar surface area (TPSA) is 128 Å². The average Bonchev–Trinajstić information content (AvgIpc) is 3.75. The SMILES string of the molecule is CF.Cc1c(C(=O)C(=O)NC2(C(=N)SC=N)CC2)c2n(c1C(=O)Nc1ccc(F)c(F)c1)C1CC1C2. The second kappa shape index (κ2) is 9.57. The summed E-state index contributed by atoms with van der Waals surface area (Å²) in [5.41, 5.74) is 1.56. The predicted molar refractivity (Wildman–Crippen MR) is 130 cm³/mol. The van der Waals surface area contributed by atoms with Crippen molar-refractivity contribution < 1.29 is 27.6 Å². The molecule has 0 radical (unpaired) electrons. The van der Waals surface area contributed by atoms with E-state index in [1.807, 2.05) is 0 Å². The number of hydrogen-bond acceptors (Lipinski definition) is 6. The molecule has 12 heteroatoms. The molecule has 1 aromatic carbocycles. The lowest BCUT2D eigenvalue weighted by molar-refractivity contribution is -0.117. The molecule has 2 fully saturated rings. The van der Waals surface area contributed by atoms with Gasteiger partial charge < -0.3 is 20.6 Å². The van der Waals surface area contributed by atoms with Crippen LogP contribution in [0.5, 0.6) is 0 Å². The van der Waals surface area contributed by atoms with Crippen LogP contribution in [0.15, 0.2) is 18.2 Å². The lowest BCUT2D eigenvalue weighted by Crippen LogP contribution is -2.45. The van der Waals surface area contributed by atoms with Gasteiger partial charge in [-0.05, 0) is 56.2 Å². The number of hydrogen-bond donors (Lipinski definition) is 4.